The monoisotopic (exact) mass is 161 g/mol. The molecule has 0 radical (unpaired) electrons. The van der Waals surface area contributed by atoms with Crippen LogP contribution >= 0.6 is 0 Å². The Kier molecular flexibility index (Phi) is 1.72. The Morgan fingerprint density at radius 2 is 2.42 bits per heavy atom. The molecule has 0 spiro atoms. The minimum absolute atomic E-state index is 0.0220. The summed E-state index contributed by atoms with van der Waals surface area (Å²) in [5.74, 6) is 1.30. The van der Waals surface area contributed by atoms with Gasteiger partial charge in [0.15, 0.2) is 0 Å². The predicted molar refractivity (Wildman–Crippen MR) is 48.3 cm³/mol. The molecule has 3 unspecified atom stereocenters. The van der Waals surface area contributed by atoms with E-state index in [4.69, 9.17) is 0 Å². The first kappa shape index (κ1) is 7.86. The number of hydrogen-bond donors (Lipinski definition) is 0. The molecule has 64 valence electrons. The number of rotatable bonds is 2. The van der Waals surface area contributed by atoms with Crippen molar-refractivity contribution in [1.29, 1.82) is 5.26 Å². The van der Waals surface area contributed by atoms with E-state index in [1.807, 2.05) is 0 Å². The van der Waals surface area contributed by atoms with E-state index >= 15 is 0 Å². The molecule has 2 rings (SSSR count). The van der Waals surface area contributed by atoms with Gasteiger partial charge in [0, 0.05) is 0 Å². The minimum Gasteiger partial charge on any atom is -0.198 e. The summed E-state index contributed by atoms with van der Waals surface area (Å²) in [7, 11) is 0. The maximum absolute atomic E-state index is 9.19. The lowest BCUT2D eigenvalue weighted by Gasteiger charge is -2.27. The lowest BCUT2D eigenvalue weighted by atomic mass is 9.74. The summed E-state index contributed by atoms with van der Waals surface area (Å²) in [6.07, 6.45) is 9.18. The van der Waals surface area contributed by atoms with E-state index in [2.05, 4.69) is 25.1 Å². The average Bonchev–Trinajstić information content (AvgIpc) is 2.64. The number of hydrogen-bond acceptors (Lipinski definition) is 1. The van der Waals surface area contributed by atoms with Gasteiger partial charge >= 0.3 is 0 Å². The summed E-state index contributed by atoms with van der Waals surface area (Å²) < 4.78 is 0. The molecule has 3 atom stereocenters. The topological polar surface area (TPSA) is 23.8 Å². The second-order valence-electron chi connectivity index (χ2n) is 4.21. The van der Waals surface area contributed by atoms with Gasteiger partial charge in [-0.2, -0.15) is 5.26 Å². The normalized spacial score (nSPS) is 43.3. The van der Waals surface area contributed by atoms with Gasteiger partial charge in [0.05, 0.1) is 11.5 Å². The highest BCUT2D eigenvalue weighted by Gasteiger charge is 2.47. The molecule has 1 heteroatoms. The molecule has 12 heavy (non-hydrogen) atoms. The average molecular weight is 161 g/mol. The van der Waals surface area contributed by atoms with E-state index in [0.717, 1.165) is 25.2 Å². The van der Waals surface area contributed by atoms with E-state index < -0.39 is 0 Å². The summed E-state index contributed by atoms with van der Waals surface area (Å²) in [5, 5.41) is 9.19. The van der Waals surface area contributed by atoms with Crippen molar-refractivity contribution in [2.45, 2.75) is 32.6 Å². The van der Waals surface area contributed by atoms with Crippen LogP contribution in [0.2, 0.25) is 0 Å². The first-order valence-electron chi connectivity index (χ1n) is 4.90. The van der Waals surface area contributed by atoms with E-state index in [1.54, 1.807) is 0 Å². The molecule has 0 amide bonds. The summed E-state index contributed by atoms with van der Waals surface area (Å²) in [4.78, 5) is 0. The molecular formula is C11H15N. The lowest BCUT2D eigenvalue weighted by molar-refractivity contribution is 0.298. The molecule has 1 fully saturated rings. The number of fused-ring (bicyclic) bond motifs is 2. The van der Waals surface area contributed by atoms with Crippen molar-refractivity contribution in [3.63, 3.8) is 0 Å². The number of nitrogens with zero attached hydrogens (tertiary/aromatic N) is 1. The predicted octanol–water partition coefficient (Wildman–Crippen LogP) is 2.89. The first-order chi connectivity index (χ1) is 5.80. The maximum Gasteiger partial charge on any atom is 0.0696 e. The lowest BCUT2D eigenvalue weighted by Crippen LogP contribution is -2.23. The zero-order chi connectivity index (χ0) is 8.60. The molecule has 0 aromatic carbocycles. The van der Waals surface area contributed by atoms with E-state index in [-0.39, 0.29) is 5.41 Å². The fraction of sp³-hybridized carbons (Fsp3) is 0.727. The fourth-order valence-electron chi connectivity index (χ4n) is 2.87. The first-order valence-corrected chi connectivity index (χ1v) is 4.90. The van der Waals surface area contributed by atoms with Crippen molar-refractivity contribution in [2.24, 2.45) is 17.3 Å². The summed E-state index contributed by atoms with van der Waals surface area (Å²) in [6.45, 7) is 2.18. The van der Waals surface area contributed by atoms with Crippen molar-refractivity contribution < 1.29 is 0 Å². The quantitative estimate of drug-likeness (QED) is 0.571. The van der Waals surface area contributed by atoms with Gasteiger partial charge in [-0.15, -0.1) is 0 Å². The zero-order valence-electron chi connectivity index (χ0n) is 7.59. The molecule has 0 saturated heterocycles. The van der Waals surface area contributed by atoms with Crippen LogP contribution < -0.4 is 0 Å². The van der Waals surface area contributed by atoms with Gasteiger partial charge in [-0.1, -0.05) is 25.5 Å². The van der Waals surface area contributed by atoms with Crippen LogP contribution in [0.25, 0.3) is 0 Å². The SMILES string of the molecule is CCCC1(C#N)CC2C=CC1C2. The third kappa shape index (κ3) is 0.909. The third-order valence-corrected chi connectivity index (χ3v) is 3.43. The van der Waals surface area contributed by atoms with Crippen molar-refractivity contribution >= 4 is 0 Å². The Morgan fingerprint density at radius 3 is 2.83 bits per heavy atom. The van der Waals surface area contributed by atoms with Crippen LogP contribution in [-0.2, 0) is 0 Å². The third-order valence-electron chi connectivity index (χ3n) is 3.43. The maximum atomic E-state index is 9.19. The Hall–Kier alpha value is -0.770. The van der Waals surface area contributed by atoms with Crippen LogP contribution in [0.4, 0.5) is 0 Å². The van der Waals surface area contributed by atoms with Gasteiger partial charge < -0.3 is 0 Å². The van der Waals surface area contributed by atoms with Crippen LogP contribution in [0.15, 0.2) is 12.2 Å². The fourth-order valence-corrected chi connectivity index (χ4v) is 2.87. The van der Waals surface area contributed by atoms with E-state index in [0.29, 0.717) is 5.92 Å². The molecule has 0 aromatic heterocycles. The van der Waals surface area contributed by atoms with Gasteiger partial charge in [-0.25, -0.2) is 0 Å². The second-order valence-corrected chi connectivity index (χ2v) is 4.21. The van der Waals surface area contributed by atoms with Crippen LogP contribution in [0, 0.1) is 28.6 Å². The molecule has 0 aromatic rings. The molecule has 1 nitrogen and oxygen atoms in total. The molecule has 2 aliphatic carbocycles. The number of allylic oxidation sites excluding steroid dienone is 2. The summed E-state index contributed by atoms with van der Waals surface area (Å²) in [5.41, 5.74) is 0.0220. The van der Waals surface area contributed by atoms with Gasteiger partial charge in [-0.05, 0) is 31.1 Å². The van der Waals surface area contributed by atoms with Crippen molar-refractivity contribution in [2.75, 3.05) is 0 Å². The standard InChI is InChI=1S/C11H15N/c1-2-5-11(8-12)7-9-3-4-10(11)6-9/h3-4,9-10H,2,5-7H2,1H3. The van der Waals surface area contributed by atoms with E-state index in [1.165, 1.54) is 6.42 Å². The van der Waals surface area contributed by atoms with Gasteiger partial charge in [-0.3, -0.25) is 0 Å². The zero-order valence-corrected chi connectivity index (χ0v) is 7.59. The number of nitriles is 1. The Bertz CT molecular complexity index is 248. The van der Waals surface area contributed by atoms with Crippen LogP contribution in [-0.4, -0.2) is 0 Å². The molecule has 2 aliphatic rings. The summed E-state index contributed by atoms with van der Waals surface area (Å²) in [6, 6.07) is 2.56. The smallest absolute Gasteiger partial charge is 0.0696 e. The molecule has 0 N–H and O–H groups in total. The van der Waals surface area contributed by atoms with Gasteiger partial charge in [0.1, 0.15) is 0 Å². The largest absolute Gasteiger partial charge is 0.198 e. The molecule has 0 aliphatic heterocycles. The van der Waals surface area contributed by atoms with Crippen LogP contribution in [0.3, 0.4) is 0 Å². The Balaban J connectivity index is 2.21. The highest BCUT2D eigenvalue weighted by molar-refractivity contribution is 5.21. The van der Waals surface area contributed by atoms with Gasteiger partial charge in [0.2, 0.25) is 0 Å². The van der Waals surface area contributed by atoms with Crippen LogP contribution in [0.5, 0.6) is 0 Å². The Morgan fingerprint density at radius 1 is 1.58 bits per heavy atom. The molecular weight excluding hydrogens is 146 g/mol. The Labute approximate surface area is 74.1 Å². The van der Waals surface area contributed by atoms with Crippen molar-refractivity contribution in [3.8, 4) is 6.07 Å². The van der Waals surface area contributed by atoms with Crippen molar-refractivity contribution in [1.82, 2.24) is 0 Å². The second kappa shape index (κ2) is 2.62. The van der Waals surface area contributed by atoms with Gasteiger partial charge in [0.25, 0.3) is 0 Å². The molecule has 0 heterocycles. The van der Waals surface area contributed by atoms with Crippen molar-refractivity contribution in [3.05, 3.63) is 12.2 Å². The highest BCUT2D eigenvalue weighted by Crippen LogP contribution is 2.53. The minimum atomic E-state index is 0.0220. The van der Waals surface area contributed by atoms with E-state index in [9.17, 15) is 5.26 Å². The molecule has 1 saturated carbocycles. The summed E-state index contributed by atoms with van der Waals surface area (Å²) >= 11 is 0. The molecule has 2 bridgehead atoms. The highest BCUT2D eigenvalue weighted by atomic mass is 14.5. The van der Waals surface area contributed by atoms with Crippen LogP contribution in [0.1, 0.15) is 32.6 Å².